The van der Waals surface area contributed by atoms with Gasteiger partial charge in [-0.1, -0.05) is 0 Å². The molecule has 0 saturated heterocycles. The van der Waals surface area contributed by atoms with Crippen LogP contribution in [0, 0.1) is 5.82 Å². The lowest BCUT2D eigenvalue weighted by Gasteiger charge is -2.16. The molecule has 1 aliphatic carbocycles. The molecule has 0 bridgehead atoms. The molecule has 1 aromatic carbocycles. The Bertz CT molecular complexity index is 404. The highest BCUT2D eigenvalue weighted by atomic mass is 79.9. The minimum absolute atomic E-state index is 0.107. The molecule has 1 saturated carbocycles. The van der Waals surface area contributed by atoms with E-state index in [4.69, 9.17) is 0 Å². The monoisotopic (exact) mass is 271 g/mol. The molecule has 0 unspecified atom stereocenters. The summed E-state index contributed by atoms with van der Waals surface area (Å²) < 4.78 is 13.6. The number of carbonyl (C=O) groups excluding carboxylic acids is 1. The molecule has 80 valence electrons. The Kier molecular flexibility index (Phi) is 2.78. The van der Waals surface area contributed by atoms with Crippen LogP contribution in [0.5, 0.6) is 0 Å². The van der Waals surface area contributed by atoms with Crippen molar-refractivity contribution in [2.24, 2.45) is 0 Å². The molecular weight excluding hydrogens is 261 g/mol. The van der Waals surface area contributed by atoms with Gasteiger partial charge in [-0.25, -0.2) is 4.39 Å². The Balaban J connectivity index is 2.21. The molecule has 1 aliphatic rings. The van der Waals surface area contributed by atoms with Gasteiger partial charge in [-0.05, 0) is 47.0 Å². The highest BCUT2D eigenvalue weighted by Gasteiger charge is 2.30. The van der Waals surface area contributed by atoms with Crippen LogP contribution >= 0.6 is 15.9 Å². The number of carbonyl (C=O) groups is 1. The van der Waals surface area contributed by atoms with Gasteiger partial charge in [-0.15, -0.1) is 0 Å². The van der Waals surface area contributed by atoms with Gasteiger partial charge in [0.15, 0.2) is 0 Å². The minimum atomic E-state index is -0.398. The maximum Gasteiger partial charge on any atom is 0.253 e. The first kappa shape index (κ1) is 10.6. The Labute approximate surface area is 96.2 Å². The normalized spacial score (nSPS) is 15.1. The van der Waals surface area contributed by atoms with E-state index < -0.39 is 5.82 Å². The van der Waals surface area contributed by atoms with Crippen LogP contribution in [-0.4, -0.2) is 23.9 Å². The van der Waals surface area contributed by atoms with Crippen molar-refractivity contribution in [3.8, 4) is 0 Å². The molecule has 0 atom stereocenters. The molecule has 1 amide bonds. The summed E-state index contributed by atoms with van der Waals surface area (Å²) in [5.74, 6) is -0.506. The molecular formula is C11H11BrFNO. The number of hydrogen-bond donors (Lipinski definition) is 0. The lowest BCUT2D eigenvalue weighted by atomic mass is 10.2. The lowest BCUT2D eigenvalue weighted by molar-refractivity contribution is 0.0784. The van der Waals surface area contributed by atoms with Crippen LogP contribution in [0.2, 0.25) is 0 Å². The van der Waals surface area contributed by atoms with Crippen molar-refractivity contribution in [2.75, 3.05) is 7.05 Å². The summed E-state index contributed by atoms with van der Waals surface area (Å²) >= 11 is 3.06. The first-order valence-corrected chi connectivity index (χ1v) is 5.61. The van der Waals surface area contributed by atoms with Crippen LogP contribution in [0.4, 0.5) is 4.39 Å². The standard InChI is InChI=1S/C11H11BrFNO/c1-14(8-3-4-8)11(15)7-2-5-9(12)10(13)6-7/h2,5-6,8H,3-4H2,1H3. The zero-order valence-corrected chi connectivity index (χ0v) is 9.92. The zero-order valence-electron chi connectivity index (χ0n) is 8.34. The van der Waals surface area contributed by atoms with Crippen LogP contribution in [0.3, 0.4) is 0 Å². The highest BCUT2D eigenvalue weighted by molar-refractivity contribution is 9.10. The number of halogens is 2. The van der Waals surface area contributed by atoms with Gasteiger partial charge in [0, 0.05) is 18.7 Å². The van der Waals surface area contributed by atoms with Gasteiger partial charge < -0.3 is 4.90 Å². The summed E-state index contributed by atoms with van der Waals surface area (Å²) in [7, 11) is 1.76. The lowest BCUT2D eigenvalue weighted by Crippen LogP contribution is -2.28. The molecule has 0 N–H and O–H groups in total. The number of hydrogen-bond acceptors (Lipinski definition) is 1. The van der Waals surface area contributed by atoms with Crippen LogP contribution in [0.25, 0.3) is 0 Å². The van der Waals surface area contributed by atoms with Gasteiger partial charge in [-0.2, -0.15) is 0 Å². The molecule has 15 heavy (non-hydrogen) atoms. The first-order valence-electron chi connectivity index (χ1n) is 4.82. The van der Waals surface area contributed by atoms with E-state index in [1.165, 1.54) is 6.07 Å². The van der Waals surface area contributed by atoms with Crippen molar-refractivity contribution in [3.63, 3.8) is 0 Å². The smallest absolute Gasteiger partial charge is 0.253 e. The van der Waals surface area contributed by atoms with Crippen molar-refractivity contribution in [1.29, 1.82) is 0 Å². The molecule has 1 fully saturated rings. The molecule has 2 rings (SSSR count). The van der Waals surface area contributed by atoms with Crippen molar-refractivity contribution in [3.05, 3.63) is 34.1 Å². The van der Waals surface area contributed by atoms with Crippen LogP contribution in [0.1, 0.15) is 23.2 Å². The van der Waals surface area contributed by atoms with Crippen LogP contribution in [-0.2, 0) is 0 Å². The molecule has 0 spiro atoms. The van der Waals surface area contributed by atoms with Gasteiger partial charge >= 0.3 is 0 Å². The first-order chi connectivity index (χ1) is 7.09. The fourth-order valence-electron chi connectivity index (χ4n) is 1.46. The third-order valence-corrected chi connectivity index (χ3v) is 3.22. The van der Waals surface area contributed by atoms with Crippen molar-refractivity contribution in [2.45, 2.75) is 18.9 Å². The van der Waals surface area contributed by atoms with Crippen LogP contribution in [0.15, 0.2) is 22.7 Å². The van der Waals surface area contributed by atoms with E-state index in [1.807, 2.05) is 0 Å². The van der Waals surface area contributed by atoms with Crippen molar-refractivity contribution in [1.82, 2.24) is 4.90 Å². The second kappa shape index (κ2) is 3.93. The Hall–Kier alpha value is -0.900. The second-order valence-corrected chi connectivity index (χ2v) is 4.63. The highest BCUT2D eigenvalue weighted by Crippen LogP contribution is 2.27. The van der Waals surface area contributed by atoms with E-state index in [0.29, 0.717) is 16.1 Å². The summed E-state index contributed by atoms with van der Waals surface area (Å²) in [5, 5.41) is 0. The molecule has 4 heteroatoms. The zero-order chi connectivity index (χ0) is 11.0. The van der Waals surface area contributed by atoms with E-state index in [1.54, 1.807) is 24.1 Å². The Morgan fingerprint density at radius 2 is 2.20 bits per heavy atom. The van der Waals surface area contributed by atoms with Crippen LogP contribution < -0.4 is 0 Å². The van der Waals surface area contributed by atoms with Gasteiger partial charge in [0.2, 0.25) is 0 Å². The number of rotatable bonds is 2. The van der Waals surface area contributed by atoms with E-state index in [2.05, 4.69) is 15.9 Å². The predicted molar refractivity (Wildman–Crippen MR) is 59.2 cm³/mol. The third kappa shape index (κ3) is 2.20. The fourth-order valence-corrected chi connectivity index (χ4v) is 1.71. The van der Waals surface area contributed by atoms with E-state index >= 15 is 0 Å². The molecule has 2 nitrogen and oxygen atoms in total. The summed E-state index contributed by atoms with van der Waals surface area (Å²) in [6, 6.07) is 4.81. The quantitative estimate of drug-likeness (QED) is 0.810. The van der Waals surface area contributed by atoms with E-state index in [-0.39, 0.29) is 5.91 Å². The number of amides is 1. The predicted octanol–water partition coefficient (Wildman–Crippen LogP) is 2.82. The topological polar surface area (TPSA) is 20.3 Å². The average molecular weight is 272 g/mol. The number of nitrogens with zero attached hydrogens (tertiary/aromatic N) is 1. The van der Waals surface area contributed by atoms with Gasteiger partial charge in [0.1, 0.15) is 5.82 Å². The Morgan fingerprint density at radius 1 is 1.53 bits per heavy atom. The molecule has 0 radical (unpaired) electrons. The summed E-state index contributed by atoms with van der Waals surface area (Å²) in [6.07, 6.45) is 2.11. The third-order valence-electron chi connectivity index (χ3n) is 2.58. The minimum Gasteiger partial charge on any atom is -0.339 e. The SMILES string of the molecule is CN(C(=O)c1ccc(Br)c(F)c1)C1CC1. The number of benzene rings is 1. The van der Waals surface area contributed by atoms with E-state index in [0.717, 1.165) is 12.8 Å². The maximum atomic E-state index is 13.2. The van der Waals surface area contributed by atoms with E-state index in [9.17, 15) is 9.18 Å². The fraction of sp³-hybridized carbons (Fsp3) is 0.364. The largest absolute Gasteiger partial charge is 0.339 e. The van der Waals surface area contributed by atoms with Crippen molar-refractivity contribution >= 4 is 21.8 Å². The van der Waals surface area contributed by atoms with Gasteiger partial charge in [0.25, 0.3) is 5.91 Å². The van der Waals surface area contributed by atoms with Gasteiger partial charge in [0.05, 0.1) is 4.47 Å². The second-order valence-electron chi connectivity index (χ2n) is 3.78. The van der Waals surface area contributed by atoms with Gasteiger partial charge in [-0.3, -0.25) is 4.79 Å². The summed E-state index contributed by atoms with van der Waals surface area (Å²) in [5.41, 5.74) is 0.408. The molecule has 1 aromatic rings. The molecule has 0 aliphatic heterocycles. The summed E-state index contributed by atoms with van der Waals surface area (Å²) in [4.78, 5) is 13.5. The molecule has 0 heterocycles. The maximum absolute atomic E-state index is 13.2. The average Bonchev–Trinajstić information content (AvgIpc) is 3.03. The molecule has 0 aromatic heterocycles. The van der Waals surface area contributed by atoms with Crippen molar-refractivity contribution < 1.29 is 9.18 Å². The Morgan fingerprint density at radius 3 is 2.73 bits per heavy atom. The summed E-state index contributed by atoms with van der Waals surface area (Å²) in [6.45, 7) is 0.